The molecule has 0 saturated heterocycles. The van der Waals surface area contributed by atoms with Gasteiger partial charge in [-0.15, -0.1) is 34.8 Å². The molecule has 0 aromatic rings. The summed E-state index contributed by atoms with van der Waals surface area (Å²) in [7, 11) is 0. The fourth-order valence-electron chi connectivity index (χ4n) is 0.124. The first-order chi connectivity index (χ1) is 4.19. The molecular formula is C4H4Cl4F2. The molecule has 0 heterocycles. The van der Waals surface area contributed by atoms with E-state index in [4.69, 9.17) is 34.8 Å². The molecular weight excluding hydrogens is 228 g/mol. The summed E-state index contributed by atoms with van der Waals surface area (Å²) < 4.78 is 24.4. The van der Waals surface area contributed by atoms with Gasteiger partial charge in [0.25, 0.3) is 0 Å². The highest BCUT2D eigenvalue weighted by Gasteiger charge is 2.52. The average Bonchev–Trinajstić information content (AvgIpc) is 1.62. The van der Waals surface area contributed by atoms with Gasteiger partial charge in [0.1, 0.15) is 9.71 Å². The normalized spacial score (nSPS) is 19.2. The van der Waals surface area contributed by atoms with E-state index < -0.39 is 15.1 Å². The molecule has 0 N–H and O–H groups in total. The molecule has 0 radical (unpaired) electrons. The third kappa shape index (κ3) is 2.26. The van der Waals surface area contributed by atoms with E-state index in [9.17, 15) is 8.78 Å². The van der Waals surface area contributed by atoms with Crippen LogP contribution in [0.1, 0.15) is 6.92 Å². The number of rotatable bonds is 2. The summed E-state index contributed by atoms with van der Waals surface area (Å²) in [4.78, 5) is -3.54. The van der Waals surface area contributed by atoms with Gasteiger partial charge >= 0.3 is 5.38 Å². The molecule has 1 atom stereocenters. The van der Waals surface area contributed by atoms with Crippen LogP contribution in [0, 0.1) is 0 Å². The Bertz CT molecular complexity index is 117. The van der Waals surface area contributed by atoms with Gasteiger partial charge in [0.15, 0.2) is 0 Å². The van der Waals surface area contributed by atoms with Crippen molar-refractivity contribution in [2.75, 3.05) is 0 Å². The summed E-state index contributed by atoms with van der Waals surface area (Å²) in [5.41, 5.74) is 0. The third-order valence-electron chi connectivity index (χ3n) is 0.964. The predicted octanol–water partition coefficient (Wildman–Crippen LogP) is 3.62. The standard InChI is InChI=1S/C4H4Cl4F2/c1-3(7,2(5)6)4(8,9)10/h2H,1H3. The van der Waals surface area contributed by atoms with E-state index in [1.807, 2.05) is 0 Å². The molecule has 10 heavy (non-hydrogen) atoms. The van der Waals surface area contributed by atoms with E-state index in [1.54, 1.807) is 0 Å². The van der Waals surface area contributed by atoms with E-state index in [1.165, 1.54) is 0 Å². The van der Waals surface area contributed by atoms with E-state index >= 15 is 0 Å². The Morgan fingerprint density at radius 2 is 1.50 bits per heavy atom. The summed E-state index contributed by atoms with van der Waals surface area (Å²) in [6.07, 6.45) is 0. The van der Waals surface area contributed by atoms with Gasteiger partial charge in [-0.2, -0.15) is 8.78 Å². The van der Waals surface area contributed by atoms with Crippen LogP contribution in [-0.2, 0) is 0 Å². The van der Waals surface area contributed by atoms with Gasteiger partial charge in [0, 0.05) is 0 Å². The van der Waals surface area contributed by atoms with Gasteiger partial charge in [-0.1, -0.05) is 0 Å². The summed E-state index contributed by atoms with van der Waals surface area (Å²) >= 11 is 20.0. The lowest BCUT2D eigenvalue weighted by Crippen LogP contribution is -2.41. The lowest BCUT2D eigenvalue weighted by molar-refractivity contribution is 0.0574. The fourth-order valence-corrected chi connectivity index (χ4v) is 0.619. The molecule has 0 fully saturated rings. The van der Waals surface area contributed by atoms with E-state index in [0.717, 1.165) is 6.92 Å². The molecule has 0 aliphatic heterocycles. The molecule has 0 amide bonds. The highest BCUT2D eigenvalue weighted by Crippen LogP contribution is 2.43. The molecule has 0 spiro atoms. The second-order valence-electron chi connectivity index (χ2n) is 1.87. The van der Waals surface area contributed by atoms with Gasteiger partial charge < -0.3 is 0 Å². The maximum Gasteiger partial charge on any atom is 0.342 e. The first-order valence-corrected chi connectivity index (χ1v) is 3.86. The van der Waals surface area contributed by atoms with Crippen LogP contribution in [0.5, 0.6) is 0 Å². The first-order valence-electron chi connectivity index (χ1n) is 2.23. The molecule has 0 aromatic carbocycles. The summed E-state index contributed by atoms with van der Waals surface area (Å²) in [6, 6.07) is 0. The van der Waals surface area contributed by atoms with Crippen LogP contribution >= 0.6 is 46.4 Å². The smallest absolute Gasteiger partial charge is 0.186 e. The predicted molar refractivity (Wildman–Crippen MR) is 40.6 cm³/mol. The Morgan fingerprint density at radius 3 is 1.50 bits per heavy atom. The lowest BCUT2D eigenvalue weighted by Gasteiger charge is -2.27. The zero-order valence-corrected chi connectivity index (χ0v) is 7.87. The summed E-state index contributed by atoms with van der Waals surface area (Å²) in [5.74, 6) is 0. The van der Waals surface area contributed by atoms with Crippen molar-refractivity contribution in [1.29, 1.82) is 0 Å². The van der Waals surface area contributed by atoms with E-state index in [-0.39, 0.29) is 0 Å². The summed E-state index contributed by atoms with van der Waals surface area (Å²) in [5, 5.41) is -3.61. The van der Waals surface area contributed by atoms with Crippen LogP contribution in [0.15, 0.2) is 0 Å². The van der Waals surface area contributed by atoms with Crippen LogP contribution in [-0.4, -0.2) is 15.1 Å². The highest BCUT2D eigenvalue weighted by atomic mass is 35.5. The van der Waals surface area contributed by atoms with Crippen LogP contribution in [0.2, 0.25) is 0 Å². The molecule has 0 nitrogen and oxygen atoms in total. The van der Waals surface area contributed by atoms with Crippen LogP contribution < -0.4 is 0 Å². The highest BCUT2D eigenvalue weighted by molar-refractivity contribution is 6.51. The minimum absolute atomic E-state index is 0.965. The van der Waals surface area contributed by atoms with Crippen LogP contribution in [0.25, 0.3) is 0 Å². The average molecular weight is 232 g/mol. The number of alkyl halides is 6. The second kappa shape index (κ2) is 3.18. The third-order valence-corrected chi connectivity index (χ3v) is 3.01. The molecule has 0 aliphatic rings. The van der Waals surface area contributed by atoms with Gasteiger partial charge in [0.2, 0.25) is 0 Å². The monoisotopic (exact) mass is 230 g/mol. The van der Waals surface area contributed by atoms with E-state index in [2.05, 4.69) is 11.6 Å². The van der Waals surface area contributed by atoms with Gasteiger partial charge in [-0.05, 0) is 18.5 Å². The van der Waals surface area contributed by atoms with Crippen molar-refractivity contribution in [2.24, 2.45) is 0 Å². The van der Waals surface area contributed by atoms with Crippen molar-refractivity contribution in [3.05, 3.63) is 0 Å². The Balaban J connectivity index is 4.40. The van der Waals surface area contributed by atoms with Crippen LogP contribution in [0.4, 0.5) is 8.78 Å². The Hall–Kier alpha value is 1.02. The van der Waals surface area contributed by atoms with Crippen molar-refractivity contribution in [3.63, 3.8) is 0 Å². The van der Waals surface area contributed by atoms with Gasteiger partial charge in [-0.3, -0.25) is 0 Å². The lowest BCUT2D eigenvalue weighted by atomic mass is 10.2. The minimum atomic E-state index is -3.61. The van der Waals surface area contributed by atoms with Gasteiger partial charge in [-0.25, -0.2) is 0 Å². The Morgan fingerprint density at radius 1 is 1.20 bits per heavy atom. The van der Waals surface area contributed by atoms with Crippen molar-refractivity contribution >= 4 is 46.4 Å². The Labute approximate surface area is 77.4 Å². The Kier molecular flexibility index (Phi) is 3.50. The van der Waals surface area contributed by atoms with Crippen molar-refractivity contribution in [3.8, 4) is 0 Å². The topological polar surface area (TPSA) is 0 Å². The molecule has 0 aliphatic carbocycles. The number of hydrogen-bond acceptors (Lipinski definition) is 0. The molecule has 0 rings (SSSR count). The molecule has 6 heteroatoms. The van der Waals surface area contributed by atoms with Gasteiger partial charge in [0.05, 0.1) is 0 Å². The van der Waals surface area contributed by atoms with Crippen molar-refractivity contribution < 1.29 is 8.78 Å². The quantitative estimate of drug-likeness (QED) is 0.637. The van der Waals surface area contributed by atoms with Crippen molar-refractivity contribution in [2.45, 2.75) is 22.0 Å². The van der Waals surface area contributed by atoms with Crippen LogP contribution in [0.3, 0.4) is 0 Å². The molecule has 1 unspecified atom stereocenters. The molecule has 0 saturated carbocycles. The molecule has 0 aromatic heterocycles. The zero-order chi connectivity index (χ0) is 8.58. The maximum absolute atomic E-state index is 12.2. The first kappa shape index (κ1) is 11.0. The molecule has 0 bridgehead atoms. The largest absolute Gasteiger partial charge is 0.342 e. The fraction of sp³-hybridized carbons (Fsp3) is 1.00. The van der Waals surface area contributed by atoms with E-state index in [0.29, 0.717) is 0 Å². The SMILES string of the molecule is CC(Cl)(C(Cl)Cl)C(F)(F)Cl. The second-order valence-corrected chi connectivity index (χ2v) is 4.23. The van der Waals surface area contributed by atoms with Crippen molar-refractivity contribution in [1.82, 2.24) is 0 Å². The zero-order valence-electron chi connectivity index (χ0n) is 4.85. The summed E-state index contributed by atoms with van der Waals surface area (Å²) in [6.45, 7) is 0.965. The minimum Gasteiger partial charge on any atom is -0.186 e. The number of halogens is 6. The maximum atomic E-state index is 12.2. The number of hydrogen-bond donors (Lipinski definition) is 0. The molecule has 62 valence electrons.